The average molecular weight is 167 g/mol. The van der Waals surface area contributed by atoms with E-state index in [2.05, 4.69) is 0 Å². The van der Waals surface area contributed by atoms with Crippen LogP contribution < -0.4 is 5.73 Å². The van der Waals surface area contributed by atoms with Crippen LogP contribution in [0.1, 0.15) is 19.3 Å². The monoisotopic (exact) mass is 167 g/mol. The minimum absolute atomic E-state index is 0.134. The molecule has 0 saturated carbocycles. The quantitative estimate of drug-likeness (QED) is 0.660. The highest BCUT2D eigenvalue weighted by molar-refractivity contribution is 5.66. The molecule has 0 aromatic rings. The molecule has 0 amide bonds. The van der Waals surface area contributed by atoms with Crippen LogP contribution in [0.2, 0.25) is 0 Å². The van der Waals surface area contributed by atoms with E-state index >= 15 is 0 Å². The van der Waals surface area contributed by atoms with Crippen LogP contribution in [-0.2, 0) is 4.79 Å². The first-order chi connectivity index (χ1) is 5.62. The number of aliphatic carboxylic acids is 1. The van der Waals surface area contributed by atoms with Gasteiger partial charge in [-0.3, -0.25) is 4.79 Å². The van der Waals surface area contributed by atoms with Crippen LogP contribution in [0.25, 0.3) is 0 Å². The van der Waals surface area contributed by atoms with Crippen LogP contribution in [0.4, 0.5) is 0 Å². The summed E-state index contributed by atoms with van der Waals surface area (Å²) < 4.78 is 0. The molecule has 3 nitrogen and oxygen atoms in total. The Kier molecular flexibility index (Phi) is 2.65. The molecule has 1 aliphatic carbocycles. The maximum atomic E-state index is 10.3. The third kappa shape index (κ3) is 2.51. The molecule has 12 heavy (non-hydrogen) atoms. The van der Waals surface area contributed by atoms with Crippen molar-refractivity contribution < 1.29 is 9.90 Å². The van der Waals surface area contributed by atoms with E-state index in [9.17, 15) is 4.79 Å². The number of rotatable bonds is 3. The van der Waals surface area contributed by atoms with E-state index in [0.29, 0.717) is 6.42 Å². The SMILES string of the molecule is NC1(CCC(=O)O)C=CC=CC1. The van der Waals surface area contributed by atoms with E-state index in [0.717, 1.165) is 6.42 Å². The second-order valence-electron chi connectivity index (χ2n) is 3.12. The number of hydrogen-bond acceptors (Lipinski definition) is 2. The molecule has 0 radical (unpaired) electrons. The first kappa shape index (κ1) is 9.00. The molecule has 0 saturated heterocycles. The molecular weight excluding hydrogens is 154 g/mol. The lowest BCUT2D eigenvalue weighted by Gasteiger charge is -2.25. The molecule has 66 valence electrons. The molecule has 0 aromatic heterocycles. The molecule has 0 aromatic carbocycles. The van der Waals surface area contributed by atoms with E-state index in [1.165, 1.54) is 0 Å². The van der Waals surface area contributed by atoms with E-state index < -0.39 is 11.5 Å². The van der Waals surface area contributed by atoms with Crippen LogP contribution >= 0.6 is 0 Å². The maximum Gasteiger partial charge on any atom is 0.303 e. The van der Waals surface area contributed by atoms with Gasteiger partial charge in [0.25, 0.3) is 0 Å². The molecule has 3 heteroatoms. The minimum atomic E-state index is -0.789. The van der Waals surface area contributed by atoms with Gasteiger partial charge in [0.05, 0.1) is 0 Å². The summed E-state index contributed by atoms with van der Waals surface area (Å²) in [6.45, 7) is 0. The molecule has 1 rings (SSSR count). The van der Waals surface area contributed by atoms with Gasteiger partial charge in [0.1, 0.15) is 0 Å². The lowest BCUT2D eigenvalue weighted by Crippen LogP contribution is -2.38. The van der Waals surface area contributed by atoms with Crippen molar-refractivity contribution in [3.05, 3.63) is 24.3 Å². The van der Waals surface area contributed by atoms with Crippen LogP contribution in [0.15, 0.2) is 24.3 Å². The van der Waals surface area contributed by atoms with Crippen molar-refractivity contribution in [1.29, 1.82) is 0 Å². The molecule has 0 heterocycles. The summed E-state index contributed by atoms with van der Waals surface area (Å²) in [5, 5.41) is 8.46. The molecule has 1 atom stereocenters. The summed E-state index contributed by atoms with van der Waals surface area (Å²) >= 11 is 0. The summed E-state index contributed by atoms with van der Waals surface area (Å²) in [6.07, 6.45) is 8.99. The second kappa shape index (κ2) is 3.54. The van der Waals surface area contributed by atoms with Crippen LogP contribution in [-0.4, -0.2) is 16.6 Å². The third-order valence-electron chi connectivity index (χ3n) is 1.98. The zero-order valence-electron chi connectivity index (χ0n) is 6.86. The van der Waals surface area contributed by atoms with Crippen molar-refractivity contribution >= 4 is 5.97 Å². The fourth-order valence-corrected chi connectivity index (χ4v) is 1.21. The highest BCUT2D eigenvalue weighted by atomic mass is 16.4. The largest absolute Gasteiger partial charge is 0.481 e. The molecular formula is C9H13NO2. The van der Waals surface area contributed by atoms with E-state index in [4.69, 9.17) is 10.8 Å². The Morgan fingerprint density at radius 2 is 2.33 bits per heavy atom. The van der Waals surface area contributed by atoms with Crippen molar-refractivity contribution in [2.45, 2.75) is 24.8 Å². The van der Waals surface area contributed by atoms with Crippen molar-refractivity contribution in [3.8, 4) is 0 Å². The van der Waals surface area contributed by atoms with Crippen molar-refractivity contribution in [2.75, 3.05) is 0 Å². The maximum absolute atomic E-state index is 10.3. The first-order valence-corrected chi connectivity index (χ1v) is 3.97. The number of carbonyl (C=O) groups is 1. The normalized spacial score (nSPS) is 27.4. The van der Waals surface area contributed by atoms with Gasteiger partial charge in [-0.2, -0.15) is 0 Å². The number of carboxylic acid groups (broad SMARTS) is 1. The van der Waals surface area contributed by atoms with E-state index in [1.54, 1.807) is 0 Å². The predicted octanol–water partition coefficient (Wildman–Crippen LogP) is 1.06. The van der Waals surface area contributed by atoms with Crippen LogP contribution in [0.5, 0.6) is 0 Å². The Bertz CT molecular complexity index is 233. The zero-order valence-corrected chi connectivity index (χ0v) is 6.86. The standard InChI is InChI=1S/C9H13NO2/c10-9(7-4-8(11)12)5-2-1-3-6-9/h1-3,5H,4,6-7,10H2,(H,11,12). The summed E-state index contributed by atoms with van der Waals surface area (Å²) in [4.78, 5) is 10.3. The van der Waals surface area contributed by atoms with Gasteiger partial charge in [0.15, 0.2) is 0 Å². The summed E-state index contributed by atoms with van der Waals surface area (Å²) in [5.41, 5.74) is 5.47. The number of allylic oxidation sites excluding steroid dienone is 2. The van der Waals surface area contributed by atoms with Crippen LogP contribution in [0, 0.1) is 0 Å². The molecule has 1 unspecified atom stereocenters. The Balaban J connectivity index is 2.44. The van der Waals surface area contributed by atoms with Gasteiger partial charge in [-0.25, -0.2) is 0 Å². The van der Waals surface area contributed by atoms with Gasteiger partial charge in [-0.05, 0) is 12.8 Å². The molecule has 0 aliphatic heterocycles. The smallest absolute Gasteiger partial charge is 0.303 e. The molecule has 3 N–H and O–H groups in total. The summed E-state index contributed by atoms with van der Waals surface area (Å²) in [5.74, 6) is -0.789. The second-order valence-corrected chi connectivity index (χ2v) is 3.12. The van der Waals surface area contributed by atoms with E-state index in [1.807, 2.05) is 24.3 Å². The van der Waals surface area contributed by atoms with Gasteiger partial charge < -0.3 is 10.8 Å². The molecule has 0 fully saturated rings. The average Bonchev–Trinajstić information content (AvgIpc) is 2.03. The molecule has 0 spiro atoms. The van der Waals surface area contributed by atoms with Gasteiger partial charge in [0, 0.05) is 12.0 Å². The van der Waals surface area contributed by atoms with E-state index in [-0.39, 0.29) is 6.42 Å². The van der Waals surface area contributed by atoms with Gasteiger partial charge in [-0.1, -0.05) is 24.3 Å². The fraction of sp³-hybridized carbons (Fsp3) is 0.444. The minimum Gasteiger partial charge on any atom is -0.481 e. The Labute approximate surface area is 71.6 Å². The summed E-state index contributed by atoms with van der Waals surface area (Å²) in [6, 6.07) is 0. The van der Waals surface area contributed by atoms with Gasteiger partial charge in [-0.15, -0.1) is 0 Å². The zero-order chi connectivity index (χ0) is 9.03. The Morgan fingerprint density at radius 3 is 2.83 bits per heavy atom. The third-order valence-corrected chi connectivity index (χ3v) is 1.98. The molecule has 0 bridgehead atoms. The highest BCUT2D eigenvalue weighted by Gasteiger charge is 2.21. The van der Waals surface area contributed by atoms with Crippen molar-refractivity contribution in [2.24, 2.45) is 5.73 Å². The topological polar surface area (TPSA) is 63.3 Å². The van der Waals surface area contributed by atoms with Crippen molar-refractivity contribution in [1.82, 2.24) is 0 Å². The first-order valence-electron chi connectivity index (χ1n) is 3.97. The van der Waals surface area contributed by atoms with Gasteiger partial charge in [0.2, 0.25) is 0 Å². The number of hydrogen-bond donors (Lipinski definition) is 2. The Morgan fingerprint density at radius 1 is 1.58 bits per heavy atom. The fourth-order valence-electron chi connectivity index (χ4n) is 1.21. The lowest BCUT2D eigenvalue weighted by molar-refractivity contribution is -0.137. The summed E-state index contributed by atoms with van der Waals surface area (Å²) in [7, 11) is 0. The number of carboxylic acids is 1. The Hall–Kier alpha value is -1.09. The predicted molar refractivity (Wildman–Crippen MR) is 46.7 cm³/mol. The lowest BCUT2D eigenvalue weighted by atomic mass is 9.88. The van der Waals surface area contributed by atoms with Gasteiger partial charge >= 0.3 is 5.97 Å². The van der Waals surface area contributed by atoms with Crippen molar-refractivity contribution in [3.63, 3.8) is 0 Å². The molecule has 1 aliphatic rings. The number of nitrogens with two attached hydrogens (primary N) is 1. The highest BCUT2D eigenvalue weighted by Crippen LogP contribution is 2.19. The van der Waals surface area contributed by atoms with Crippen LogP contribution in [0.3, 0.4) is 0 Å².